The number of hydrogen-bond acceptors (Lipinski definition) is 4. The third-order valence-electron chi connectivity index (χ3n) is 5.19. The van der Waals surface area contributed by atoms with Gasteiger partial charge in [0.1, 0.15) is 11.9 Å². The van der Waals surface area contributed by atoms with Crippen LogP contribution in [0.25, 0.3) is 11.1 Å². The highest BCUT2D eigenvalue weighted by Crippen LogP contribution is 2.33. The standard InChI is InChI=1S/C24H23NO4S/c1-16-4-3-5-19(12-16)24(26)25-15-21-14-20-13-18(8-11-23(20)29-21)17-6-9-22(10-7-17)30(2,27)28/h3-13,21H,14-15H2,1-2H3,(H,25,26)/t21-/m0/s1. The maximum atomic E-state index is 12.4. The fourth-order valence-corrected chi connectivity index (χ4v) is 4.23. The molecule has 0 radical (unpaired) electrons. The van der Waals surface area contributed by atoms with Crippen molar-refractivity contribution in [2.24, 2.45) is 0 Å². The molecule has 5 nitrogen and oxygen atoms in total. The van der Waals surface area contributed by atoms with Crippen LogP contribution in [0.4, 0.5) is 0 Å². The molecule has 0 bridgehead atoms. The predicted molar refractivity (Wildman–Crippen MR) is 117 cm³/mol. The number of hydrogen-bond donors (Lipinski definition) is 1. The molecule has 0 aromatic heterocycles. The molecule has 1 amide bonds. The number of fused-ring (bicyclic) bond motifs is 1. The lowest BCUT2D eigenvalue weighted by molar-refractivity contribution is 0.0933. The zero-order valence-electron chi connectivity index (χ0n) is 16.9. The van der Waals surface area contributed by atoms with Gasteiger partial charge in [0.2, 0.25) is 0 Å². The molecule has 1 N–H and O–H groups in total. The van der Waals surface area contributed by atoms with Gasteiger partial charge in [0, 0.05) is 18.2 Å². The highest BCUT2D eigenvalue weighted by Gasteiger charge is 2.24. The molecule has 1 heterocycles. The number of amides is 1. The molecule has 0 unspecified atom stereocenters. The van der Waals surface area contributed by atoms with Crippen LogP contribution in [0, 0.1) is 6.92 Å². The first-order chi connectivity index (χ1) is 14.3. The van der Waals surface area contributed by atoms with Gasteiger partial charge in [0.05, 0.1) is 11.4 Å². The van der Waals surface area contributed by atoms with Gasteiger partial charge in [0.15, 0.2) is 9.84 Å². The van der Waals surface area contributed by atoms with Crippen LogP contribution in [0.3, 0.4) is 0 Å². The molecule has 1 atom stereocenters. The third kappa shape index (κ3) is 4.39. The van der Waals surface area contributed by atoms with Gasteiger partial charge in [-0.15, -0.1) is 0 Å². The summed E-state index contributed by atoms with van der Waals surface area (Å²) < 4.78 is 29.3. The molecular weight excluding hydrogens is 398 g/mol. The lowest BCUT2D eigenvalue weighted by Gasteiger charge is -2.12. The number of carbonyl (C=O) groups excluding carboxylic acids is 1. The van der Waals surface area contributed by atoms with Crippen LogP contribution in [-0.2, 0) is 16.3 Å². The SMILES string of the molecule is Cc1cccc(C(=O)NC[C@@H]2Cc3cc(-c4ccc(S(C)(=O)=O)cc4)ccc3O2)c1. The van der Waals surface area contributed by atoms with Crippen molar-refractivity contribution < 1.29 is 17.9 Å². The minimum Gasteiger partial charge on any atom is -0.488 e. The van der Waals surface area contributed by atoms with Crippen LogP contribution in [0.15, 0.2) is 71.6 Å². The van der Waals surface area contributed by atoms with E-state index in [1.54, 1.807) is 18.2 Å². The fraction of sp³-hybridized carbons (Fsp3) is 0.208. The van der Waals surface area contributed by atoms with Crippen LogP contribution in [-0.4, -0.2) is 33.2 Å². The van der Waals surface area contributed by atoms with Gasteiger partial charge in [-0.3, -0.25) is 4.79 Å². The first-order valence-electron chi connectivity index (χ1n) is 9.74. The second-order valence-corrected chi connectivity index (χ2v) is 9.66. The average molecular weight is 422 g/mol. The molecule has 1 aliphatic rings. The molecule has 30 heavy (non-hydrogen) atoms. The quantitative estimate of drug-likeness (QED) is 0.680. The summed E-state index contributed by atoms with van der Waals surface area (Å²) in [6.45, 7) is 2.39. The van der Waals surface area contributed by atoms with Crippen molar-refractivity contribution in [1.82, 2.24) is 5.32 Å². The van der Waals surface area contributed by atoms with Gasteiger partial charge in [-0.25, -0.2) is 8.42 Å². The van der Waals surface area contributed by atoms with Gasteiger partial charge >= 0.3 is 0 Å². The number of ether oxygens (including phenoxy) is 1. The number of benzene rings is 3. The Morgan fingerprint density at radius 1 is 1.03 bits per heavy atom. The normalized spacial score (nSPS) is 15.3. The maximum Gasteiger partial charge on any atom is 0.251 e. The summed E-state index contributed by atoms with van der Waals surface area (Å²) in [4.78, 5) is 12.7. The van der Waals surface area contributed by atoms with E-state index in [9.17, 15) is 13.2 Å². The molecule has 6 heteroatoms. The number of nitrogens with one attached hydrogen (secondary N) is 1. The summed E-state index contributed by atoms with van der Waals surface area (Å²) in [7, 11) is -3.21. The van der Waals surface area contributed by atoms with Crippen molar-refractivity contribution in [1.29, 1.82) is 0 Å². The zero-order chi connectivity index (χ0) is 21.3. The average Bonchev–Trinajstić information content (AvgIpc) is 3.13. The Kier molecular flexibility index (Phi) is 5.35. The molecule has 1 aliphatic heterocycles. The topological polar surface area (TPSA) is 72.5 Å². The van der Waals surface area contributed by atoms with E-state index in [0.29, 0.717) is 23.4 Å². The van der Waals surface area contributed by atoms with Gasteiger partial charge in [0.25, 0.3) is 5.91 Å². The van der Waals surface area contributed by atoms with E-state index in [1.165, 1.54) is 6.26 Å². The molecular formula is C24H23NO4S. The van der Waals surface area contributed by atoms with Crippen LogP contribution < -0.4 is 10.1 Å². The Morgan fingerprint density at radius 3 is 2.47 bits per heavy atom. The van der Waals surface area contributed by atoms with Crippen molar-refractivity contribution in [2.45, 2.75) is 24.3 Å². The molecule has 3 aromatic rings. The molecule has 0 aliphatic carbocycles. The minimum atomic E-state index is -3.21. The smallest absolute Gasteiger partial charge is 0.251 e. The van der Waals surface area contributed by atoms with Crippen LogP contribution in [0.1, 0.15) is 21.5 Å². The van der Waals surface area contributed by atoms with E-state index < -0.39 is 9.84 Å². The van der Waals surface area contributed by atoms with E-state index in [2.05, 4.69) is 11.4 Å². The number of carbonyl (C=O) groups is 1. The first kappa shape index (κ1) is 20.2. The van der Waals surface area contributed by atoms with Gasteiger partial charge in [-0.2, -0.15) is 0 Å². The van der Waals surface area contributed by atoms with Crippen LogP contribution in [0.2, 0.25) is 0 Å². The zero-order valence-corrected chi connectivity index (χ0v) is 17.7. The molecule has 0 fully saturated rings. The second kappa shape index (κ2) is 7.95. The molecule has 0 spiro atoms. The lowest BCUT2D eigenvalue weighted by Crippen LogP contribution is -2.34. The summed E-state index contributed by atoms with van der Waals surface area (Å²) in [5.41, 5.74) is 4.72. The van der Waals surface area contributed by atoms with E-state index >= 15 is 0 Å². The lowest BCUT2D eigenvalue weighted by atomic mass is 10.0. The minimum absolute atomic E-state index is 0.107. The molecule has 0 saturated carbocycles. The highest BCUT2D eigenvalue weighted by molar-refractivity contribution is 7.90. The number of rotatable bonds is 5. The Morgan fingerprint density at radius 2 is 1.77 bits per heavy atom. The summed E-state index contributed by atoms with van der Waals surface area (Å²) in [5, 5.41) is 2.95. The van der Waals surface area contributed by atoms with E-state index in [4.69, 9.17) is 4.74 Å². The van der Waals surface area contributed by atoms with Gasteiger partial charge in [-0.05, 0) is 60.0 Å². The molecule has 154 valence electrons. The monoisotopic (exact) mass is 421 g/mol. The van der Waals surface area contributed by atoms with E-state index in [1.807, 2.05) is 49.4 Å². The first-order valence-corrected chi connectivity index (χ1v) is 11.6. The predicted octanol–water partition coefficient (Wildman–Crippen LogP) is 3.80. The Balaban J connectivity index is 1.42. The van der Waals surface area contributed by atoms with Crippen molar-refractivity contribution in [3.63, 3.8) is 0 Å². The molecule has 0 saturated heterocycles. The van der Waals surface area contributed by atoms with Gasteiger partial charge < -0.3 is 10.1 Å². The Labute approximate surface area is 176 Å². The summed E-state index contributed by atoms with van der Waals surface area (Å²) >= 11 is 0. The van der Waals surface area contributed by atoms with Crippen LogP contribution >= 0.6 is 0 Å². The van der Waals surface area contributed by atoms with Gasteiger partial charge in [-0.1, -0.05) is 35.9 Å². The maximum absolute atomic E-state index is 12.4. The number of aryl methyl sites for hydroxylation is 1. The van der Waals surface area contributed by atoms with E-state index in [0.717, 1.165) is 28.0 Å². The Hall–Kier alpha value is -3.12. The van der Waals surface area contributed by atoms with Crippen molar-refractivity contribution in [2.75, 3.05) is 12.8 Å². The van der Waals surface area contributed by atoms with Crippen molar-refractivity contribution in [3.8, 4) is 16.9 Å². The third-order valence-corrected chi connectivity index (χ3v) is 6.32. The summed E-state index contributed by atoms with van der Waals surface area (Å²) in [5.74, 6) is 0.714. The summed E-state index contributed by atoms with van der Waals surface area (Å²) in [6, 6.07) is 20.3. The fourth-order valence-electron chi connectivity index (χ4n) is 3.60. The highest BCUT2D eigenvalue weighted by atomic mass is 32.2. The Bertz CT molecular complexity index is 1200. The van der Waals surface area contributed by atoms with Crippen LogP contribution in [0.5, 0.6) is 5.75 Å². The number of sulfone groups is 1. The second-order valence-electron chi connectivity index (χ2n) is 7.64. The van der Waals surface area contributed by atoms with Crippen molar-refractivity contribution >= 4 is 15.7 Å². The molecule has 3 aromatic carbocycles. The van der Waals surface area contributed by atoms with E-state index in [-0.39, 0.29) is 12.0 Å². The van der Waals surface area contributed by atoms with Crippen molar-refractivity contribution in [3.05, 3.63) is 83.4 Å². The largest absolute Gasteiger partial charge is 0.488 e. The summed E-state index contributed by atoms with van der Waals surface area (Å²) in [6.07, 6.45) is 1.79. The molecule has 4 rings (SSSR count).